The molecule has 0 saturated carbocycles. The number of amides is 2. The summed E-state index contributed by atoms with van der Waals surface area (Å²) < 4.78 is 40.0. The molecule has 1 rings (SSSR count). The van der Waals surface area contributed by atoms with Crippen LogP contribution >= 0.6 is 0 Å². The average molecular weight is 282 g/mol. The Morgan fingerprint density at radius 1 is 1.42 bits per heavy atom. The number of piperazine rings is 1. The third-order valence-electron chi connectivity index (χ3n) is 2.99. The fourth-order valence-corrected chi connectivity index (χ4v) is 1.78. The Balaban J connectivity index is 2.49. The van der Waals surface area contributed by atoms with Gasteiger partial charge >= 0.3 is 6.18 Å². The van der Waals surface area contributed by atoms with Crippen molar-refractivity contribution in [3.8, 4) is 0 Å². The summed E-state index contributed by atoms with van der Waals surface area (Å²) in [7, 11) is 0. The molecule has 0 radical (unpaired) electrons. The standard InChI is InChI=1S/C11H17F3N2O3/c1-3-10(2)9(18)16(6-8(17)15-10)4-5-19-7-11(12,13)14/h3-7H2,1-2H3,(H,15,17). The first kappa shape index (κ1) is 15.7. The molecule has 19 heavy (non-hydrogen) atoms. The second-order valence-electron chi connectivity index (χ2n) is 4.63. The van der Waals surface area contributed by atoms with Crippen molar-refractivity contribution in [3.05, 3.63) is 0 Å². The molecule has 1 fully saturated rings. The third kappa shape index (κ3) is 4.38. The van der Waals surface area contributed by atoms with E-state index in [2.05, 4.69) is 10.1 Å². The van der Waals surface area contributed by atoms with Crippen LogP contribution in [0.15, 0.2) is 0 Å². The quantitative estimate of drug-likeness (QED) is 0.755. The van der Waals surface area contributed by atoms with Crippen molar-refractivity contribution in [1.29, 1.82) is 0 Å². The Bertz CT molecular complexity index is 360. The summed E-state index contributed by atoms with van der Waals surface area (Å²) in [6.45, 7) is 1.56. The molecule has 1 aliphatic heterocycles. The molecule has 1 atom stereocenters. The lowest BCUT2D eigenvalue weighted by Crippen LogP contribution is -2.65. The fraction of sp³-hybridized carbons (Fsp3) is 0.818. The molecule has 1 heterocycles. The van der Waals surface area contributed by atoms with Crippen LogP contribution in [-0.4, -0.2) is 54.7 Å². The summed E-state index contributed by atoms with van der Waals surface area (Å²) in [6.07, 6.45) is -3.97. The van der Waals surface area contributed by atoms with E-state index in [-0.39, 0.29) is 31.5 Å². The second kappa shape index (κ2) is 5.77. The van der Waals surface area contributed by atoms with Crippen molar-refractivity contribution >= 4 is 11.8 Å². The molecule has 1 aliphatic rings. The summed E-state index contributed by atoms with van der Waals surface area (Å²) in [6, 6.07) is 0. The van der Waals surface area contributed by atoms with Crippen LogP contribution in [-0.2, 0) is 14.3 Å². The van der Waals surface area contributed by atoms with Crippen LogP contribution in [0.5, 0.6) is 0 Å². The van der Waals surface area contributed by atoms with Gasteiger partial charge in [-0.05, 0) is 13.3 Å². The predicted octanol–water partition coefficient (Wildman–Crippen LogP) is 0.692. The van der Waals surface area contributed by atoms with Gasteiger partial charge in [0.05, 0.1) is 13.2 Å². The largest absolute Gasteiger partial charge is 0.411 e. The Labute approximate surface area is 109 Å². The lowest BCUT2D eigenvalue weighted by molar-refractivity contribution is -0.175. The van der Waals surface area contributed by atoms with E-state index < -0.39 is 18.3 Å². The molecule has 0 aromatic carbocycles. The lowest BCUT2D eigenvalue weighted by Gasteiger charge is -2.39. The smallest absolute Gasteiger partial charge is 0.370 e. The average Bonchev–Trinajstić information content (AvgIpc) is 2.29. The molecule has 0 aliphatic carbocycles. The highest BCUT2D eigenvalue weighted by atomic mass is 19.4. The summed E-state index contributed by atoms with van der Waals surface area (Å²) in [4.78, 5) is 24.7. The zero-order valence-corrected chi connectivity index (χ0v) is 10.8. The van der Waals surface area contributed by atoms with Crippen molar-refractivity contribution in [2.24, 2.45) is 0 Å². The molecule has 0 aromatic heterocycles. The van der Waals surface area contributed by atoms with Gasteiger partial charge in [0.2, 0.25) is 11.8 Å². The van der Waals surface area contributed by atoms with E-state index in [1.807, 2.05) is 0 Å². The van der Waals surface area contributed by atoms with Gasteiger partial charge in [-0.1, -0.05) is 6.92 Å². The maximum Gasteiger partial charge on any atom is 0.411 e. The number of alkyl halides is 3. The van der Waals surface area contributed by atoms with Gasteiger partial charge in [-0.15, -0.1) is 0 Å². The molecule has 1 N–H and O–H groups in total. The fourth-order valence-electron chi connectivity index (χ4n) is 1.78. The number of carbonyl (C=O) groups is 2. The van der Waals surface area contributed by atoms with E-state index in [4.69, 9.17) is 0 Å². The first-order chi connectivity index (χ1) is 8.68. The maximum atomic E-state index is 12.0. The van der Waals surface area contributed by atoms with Crippen LogP contribution in [0, 0.1) is 0 Å². The normalized spacial score (nSPS) is 24.6. The van der Waals surface area contributed by atoms with Gasteiger partial charge < -0.3 is 15.0 Å². The summed E-state index contributed by atoms with van der Waals surface area (Å²) >= 11 is 0. The van der Waals surface area contributed by atoms with Crippen LogP contribution in [0.1, 0.15) is 20.3 Å². The number of halogens is 3. The Hall–Kier alpha value is -1.31. The van der Waals surface area contributed by atoms with Crippen molar-refractivity contribution in [3.63, 3.8) is 0 Å². The minimum Gasteiger partial charge on any atom is -0.370 e. The highest BCUT2D eigenvalue weighted by Gasteiger charge is 2.41. The van der Waals surface area contributed by atoms with Crippen LogP contribution in [0.25, 0.3) is 0 Å². The Morgan fingerprint density at radius 3 is 2.58 bits per heavy atom. The number of nitrogens with one attached hydrogen (secondary N) is 1. The number of hydrogen-bond acceptors (Lipinski definition) is 3. The zero-order valence-electron chi connectivity index (χ0n) is 10.8. The van der Waals surface area contributed by atoms with Gasteiger partial charge in [-0.2, -0.15) is 13.2 Å². The number of rotatable bonds is 5. The van der Waals surface area contributed by atoms with Crippen molar-refractivity contribution < 1.29 is 27.5 Å². The minimum atomic E-state index is -4.39. The van der Waals surface area contributed by atoms with Crippen molar-refractivity contribution in [1.82, 2.24) is 10.2 Å². The van der Waals surface area contributed by atoms with Gasteiger partial charge in [-0.25, -0.2) is 0 Å². The van der Waals surface area contributed by atoms with Crippen molar-refractivity contribution in [2.45, 2.75) is 32.0 Å². The summed E-state index contributed by atoms with van der Waals surface area (Å²) in [5, 5.41) is 2.59. The van der Waals surface area contributed by atoms with Crippen molar-refractivity contribution in [2.75, 3.05) is 26.3 Å². The van der Waals surface area contributed by atoms with E-state index in [1.54, 1.807) is 13.8 Å². The maximum absolute atomic E-state index is 12.0. The van der Waals surface area contributed by atoms with E-state index in [9.17, 15) is 22.8 Å². The van der Waals surface area contributed by atoms with Gasteiger partial charge in [0.25, 0.3) is 0 Å². The highest BCUT2D eigenvalue weighted by molar-refractivity contribution is 5.97. The number of nitrogens with zero attached hydrogens (tertiary/aromatic N) is 1. The summed E-state index contributed by atoms with van der Waals surface area (Å²) in [5.74, 6) is -0.620. The molecular formula is C11H17F3N2O3. The molecule has 0 bridgehead atoms. The van der Waals surface area contributed by atoms with Crippen LogP contribution in [0.3, 0.4) is 0 Å². The first-order valence-electron chi connectivity index (χ1n) is 5.93. The van der Waals surface area contributed by atoms with Crippen LogP contribution < -0.4 is 5.32 Å². The van der Waals surface area contributed by atoms with Gasteiger partial charge in [0.1, 0.15) is 12.1 Å². The molecular weight excluding hydrogens is 265 g/mol. The molecule has 110 valence electrons. The SMILES string of the molecule is CCC1(C)NC(=O)CN(CCOCC(F)(F)F)C1=O. The van der Waals surface area contributed by atoms with Gasteiger partial charge in [0, 0.05) is 6.54 Å². The minimum absolute atomic E-state index is 0.0298. The second-order valence-corrected chi connectivity index (χ2v) is 4.63. The molecule has 2 amide bonds. The monoisotopic (exact) mass is 282 g/mol. The van der Waals surface area contributed by atoms with Gasteiger partial charge in [-0.3, -0.25) is 9.59 Å². The van der Waals surface area contributed by atoms with E-state index >= 15 is 0 Å². The zero-order chi connectivity index (χ0) is 14.7. The lowest BCUT2D eigenvalue weighted by atomic mass is 9.94. The molecule has 1 saturated heterocycles. The number of ether oxygens (including phenoxy) is 1. The van der Waals surface area contributed by atoms with E-state index in [0.29, 0.717) is 6.42 Å². The third-order valence-corrected chi connectivity index (χ3v) is 2.99. The van der Waals surface area contributed by atoms with Crippen LogP contribution in [0.2, 0.25) is 0 Å². The molecule has 0 aromatic rings. The Morgan fingerprint density at radius 2 is 2.05 bits per heavy atom. The van der Waals surface area contributed by atoms with E-state index in [1.165, 1.54) is 4.90 Å². The molecule has 5 nitrogen and oxygen atoms in total. The predicted molar refractivity (Wildman–Crippen MR) is 60.3 cm³/mol. The summed E-state index contributed by atoms with van der Waals surface area (Å²) in [5.41, 5.74) is -0.987. The number of carbonyl (C=O) groups excluding carboxylic acids is 2. The molecule has 0 spiro atoms. The highest BCUT2D eigenvalue weighted by Crippen LogP contribution is 2.18. The Kier molecular flexibility index (Phi) is 4.78. The van der Waals surface area contributed by atoms with Crippen LogP contribution in [0.4, 0.5) is 13.2 Å². The van der Waals surface area contributed by atoms with E-state index in [0.717, 1.165) is 0 Å². The first-order valence-corrected chi connectivity index (χ1v) is 5.93. The number of hydrogen-bond donors (Lipinski definition) is 1. The molecule has 1 unspecified atom stereocenters. The van der Waals surface area contributed by atoms with Gasteiger partial charge in [0.15, 0.2) is 0 Å². The molecule has 8 heteroatoms. The topological polar surface area (TPSA) is 58.6 Å².